The van der Waals surface area contributed by atoms with Crippen LogP contribution in [0.5, 0.6) is 0 Å². The number of nitrogens with zero attached hydrogens (tertiary/aromatic N) is 1. The highest BCUT2D eigenvalue weighted by molar-refractivity contribution is 5.85. The number of carbonyl (C=O) groups excluding carboxylic acids is 1. The normalized spacial score (nSPS) is 27.0. The van der Waals surface area contributed by atoms with Gasteiger partial charge in [0.1, 0.15) is 0 Å². The van der Waals surface area contributed by atoms with Crippen molar-refractivity contribution in [2.45, 2.75) is 57.2 Å². The first-order chi connectivity index (χ1) is 9.63. The Morgan fingerprint density at radius 2 is 1.86 bits per heavy atom. The van der Waals surface area contributed by atoms with Crippen molar-refractivity contribution in [3.05, 3.63) is 35.4 Å². The molecule has 2 atom stereocenters. The Balaban J connectivity index is 0.00000161. The van der Waals surface area contributed by atoms with Crippen molar-refractivity contribution in [3.8, 4) is 0 Å². The minimum Gasteiger partial charge on any atom is -0.342 e. The fourth-order valence-electron chi connectivity index (χ4n) is 3.64. The molecule has 2 saturated heterocycles. The number of hydrogen-bond acceptors (Lipinski definition) is 2. The number of likely N-dealkylation sites (N-methyl/N-ethyl adjacent to an activating group) is 1. The van der Waals surface area contributed by atoms with Crippen LogP contribution in [0.3, 0.4) is 0 Å². The molecule has 116 valence electrons. The summed E-state index contributed by atoms with van der Waals surface area (Å²) in [5, 5.41) is 3.63. The van der Waals surface area contributed by atoms with Crippen LogP contribution in [0.2, 0.25) is 0 Å². The number of carbonyl (C=O) groups is 1. The largest absolute Gasteiger partial charge is 0.342 e. The smallest absolute Gasteiger partial charge is 0.226 e. The molecule has 0 aromatic heterocycles. The molecule has 1 aromatic carbocycles. The SMILES string of the molecule is Cc1ccccc1CC(=O)N(C)C1CC2CCC(C1)N2.Cl. The van der Waals surface area contributed by atoms with E-state index < -0.39 is 0 Å². The lowest BCUT2D eigenvalue weighted by Crippen LogP contribution is -2.49. The zero-order chi connectivity index (χ0) is 14.1. The van der Waals surface area contributed by atoms with E-state index in [1.807, 2.05) is 24.1 Å². The summed E-state index contributed by atoms with van der Waals surface area (Å²) < 4.78 is 0. The van der Waals surface area contributed by atoms with Gasteiger partial charge in [0.15, 0.2) is 0 Å². The summed E-state index contributed by atoms with van der Waals surface area (Å²) in [5.41, 5.74) is 2.36. The molecular weight excluding hydrogens is 284 g/mol. The zero-order valence-electron chi connectivity index (χ0n) is 12.8. The molecule has 0 aliphatic carbocycles. The van der Waals surface area contributed by atoms with Crippen molar-refractivity contribution in [1.82, 2.24) is 10.2 Å². The zero-order valence-corrected chi connectivity index (χ0v) is 13.7. The number of piperidine rings is 1. The number of hydrogen-bond donors (Lipinski definition) is 1. The number of aryl methyl sites for hydroxylation is 1. The fraction of sp³-hybridized carbons (Fsp3) is 0.588. The summed E-state index contributed by atoms with van der Waals surface area (Å²) in [6.07, 6.45) is 5.32. The second-order valence-corrected chi connectivity index (χ2v) is 6.37. The molecule has 4 heteroatoms. The van der Waals surface area contributed by atoms with Gasteiger partial charge in [-0.25, -0.2) is 0 Å². The summed E-state index contributed by atoms with van der Waals surface area (Å²) in [6, 6.07) is 9.86. The minimum atomic E-state index is 0. The van der Waals surface area contributed by atoms with Crippen LogP contribution >= 0.6 is 12.4 Å². The third-order valence-corrected chi connectivity index (χ3v) is 4.99. The number of amides is 1. The maximum absolute atomic E-state index is 12.5. The first-order valence-corrected chi connectivity index (χ1v) is 7.69. The minimum absolute atomic E-state index is 0. The summed E-state index contributed by atoms with van der Waals surface area (Å²) in [4.78, 5) is 14.5. The van der Waals surface area contributed by atoms with Gasteiger partial charge in [0, 0.05) is 25.2 Å². The Morgan fingerprint density at radius 3 is 2.48 bits per heavy atom. The van der Waals surface area contributed by atoms with Crippen LogP contribution in [0.15, 0.2) is 24.3 Å². The van der Waals surface area contributed by atoms with Crippen LogP contribution in [0.25, 0.3) is 0 Å². The highest BCUT2D eigenvalue weighted by Crippen LogP contribution is 2.29. The van der Waals surface area contributed by atoms with Gasteiger partial charge in [-0.05, 0) is 43.7 Å². The topological polar surface area (TPSA) is 32.3 Å². The van der Waals surface area contributed by atoms with Crippen molar-refractivity contribution < 1.29 is 4.79 Å². The highest BCUT2D eigenvalue weighted by atomic mass is 35.5. The Labute approximate surface area is 133 Å². The molecule has 2 fully saturated rings. The monoisotopic (exact) mass is 308 g/mol. The van der Waals surface area contributed by atoms with E-state index in [9.17, 15) is 4.79 Å². The second-order valence-electron chi connectivity index (χ2n) is 6.37. The van der Waals surface area contributed by atoms with Gasteiger partial charge in [-0.3, -0.25) is 4.79 Å². The molecule has 2 aliphatic heterocycles. The molecule has 1 amide bonds. The van der Waals surface area contributed by atoms with Crippen molar-refractivity contribution in [1.29, 1.82) is 0 Å². The maximum Gasteiger partial charge on any atom is 0.226 e. The number of benzene rings is 1. The predicted molar refractivity (Wildman–Crippen MR) is 87.9 cm³/mol. The summed E-state index contributed by atoms with van der Waals surface area (Å²) in [5.74, 6) is 0.255. The molecule has 2 aliphatic rings. The third kappa shape index (κ3) is 3.58. The lowest BCUT2D eigenvalue weighted by molar-refractivity contribution is -0.131. The van der Waals surface area contributed by atoms with E-state index in [2.05, 4.69) is 24.4 Å². The summed E-state index contributed by atoms with van der Waals surface area (Å²) in [6.45, 7) is 2.08. The summed E-state index contributed by atoms with van der Waals surface area (Å²) in [7, 11) is 1.98. The van der Waals surface area contributed by atoms with Crippen molar-refractivity contribution >= 4 is 18.3 Å². The van der Waals surface area contributed by atoms with Gasteiger partial charge in [0.2, 0.25) is 5.91 Å². The van der Waals surface area contributed by atoms with E-state index in [4.69, 9.17) is 0 Å². The van der Waals surface area contributed by atoms with Crippen LogP contribution in [-0.2, 0) is 11.2 Å². The molecule has 0 spiro atoms. The predicted octanol–water partition coefficient (Wildman–Crippen LogP) is 2.70. The van der Waals surface area contributed by atoms with Crippen LogP contribution < -0.4 is 5.32 Å². The van der Waals surface area contributed by atoms with Gasteiger partial charge in [-0.15, -0.1) is 12.4 Å². The molecular formula is C17H25ClN2O. The average Bonchev–Trinajstić information content (AvgIpc) is 2.79. The lowest BCUT2D eigenvalue weighted by atomic mass is 9.97. The number of fused-ring (bicyclic) bond motifs is 2. The van der Waals surface area contributed by atoms with Gasteiger partial charge >= 0.3 is 0 Å². The summed E-state index contributed by atoms with van der Waals surface area (Å²) >= 11 is 0. The molecule has 3 nitrogen and oxygen atoms in total. The van der Waals surface area contributed by atoms with Crippen LogP contribution in [0.1, 0.15) is 36.8 Å². The van der Waals surface area contributed by atoms with Gasteiger partial charge < -0.3 is 10.2 Å². The molecule has 2 heterocycles. The molecule has 1 aromatic rings. The van der Waals surface area contributed by atoms with E-state index >= 15 is 0 Å². The highest BCUT2D eigenvalue weighted by Gasteiger charge is 2.36. The van der Waals surface area contributed by atoms with Gasteiger partial charge in [-0.1, -0.05) is 24.3 Å². The first kappa shape index (κ1) is 16.3. The number of nitrogens with one attached hydrogen (secondary N) is 1. The number of rotatable bonds is 3. The Hall–Kier alpha value is -1.06. The van der Waals surface area contributed by atoms with E-state index in [0.29, 0.717) is 24.5 Å². The molecule has 3 rings (SSSR count). The molecule has 2 unspecified atom stereocenters. The van der Waals surface area contributed by atoms with Gasteiger partial charge in [-0.2, -0.15) is 0 Å². The Bertz CT molecular complexity index is 493. The molecule has 21 heavy (non-hydrogen) atoms. The van der Waals surface area contributed by atoms with Crippen molar-refractivity contribution in [3.63, 3.8) is 0 Å². The van der Waals surface area contributed by atoms with E-state index in [1.165, 1.54) is 18.4 Å². The van der Waals surface area contributed by atoms with Gasteiger partial charge in [0.25, 0.3) is 0 Å². The van der Waals surface area contributed by atoms with E-state index in [-0.39, 0.29) is 18.3 Å². The van der Waals surface area contributed by atoms with Crippen LogP contribution in [0, 0.1) is 6.92 Å². The van der Waals surface area contributed by atoms with Crippen molar-refractivity contribution in [2.24, 2.45) is 0 Å². The molecule has 2 bridgehead atoms. The Morgan fingerprint density at radius 1 is 1.24 bits per heavy atom. The van der Waals surface area contributed by atoms with E-state index in [1.54, 1.807) is 0 Å². The standard InChI is InChI=1S/C17H24N2O.ClH/c1-12-5-3-4-6-13(12)9-17(20)19(2)16-10-14-7-8-15(11-16)18-14;/h3-6,14-16,18H,7-11H2,1-2H3;1H. The van der Waals surface area contributed by atoms with Crippen LogP contribution in [0.4, 0.5) is 0 Å². The molecule has 0 saturated carbocycles. The Kier molecular flexibility index (Phi) is 5.28. The second kappa shape index (κ2) is 6.80. The molecule has 0 radical (unpaired) electrons. The quantitative estimate of drug-likeness (QED) is 0.931. The first-order valence-electron chi connectivity index (χ1n) is 7.69. The number of halogens is 1. The lowest BCUT2D eigenvalue weighted by Gasteiger charge is -2.35. The fourth-order valence-corrected chi connectivity index (χ4v) is 3.64. The van der Waals surface area contributed by atoms with Crippen molar-refractivity contribution in [2.75, 3.05) is 7.05 Å². The van der Waals surface area contributed by atoms with Gasteiger partial charge in [0.05, 0.1) is 6.42 Å². The molecule has 1 N–H and O–H groups in total. The van der Waals surface area contributed by atoms with Crippen LogP contribution in [-0.4, -0.2) is 36.0 Å². The third-order valence-electron chi connectivity index (χ3n) is 4.99. The maximum atomic E-state index is 12.5. The van der Waals surface area contributed by atoms with E-state index in [0.717, 1.165) is 18.4 Å². The average molecular weight is 309 g/mol.